The number of hydrogen-bond acceptors (Lipinski definition) is 6. The Labute approximate surface area is 170 Å². The standard InChI is InChI=1S/C22H25N5O2/c1-14-15(2)25-29-20(14)17-13-23-22(26(3)4)24-19(17)18-11-8-12-27(18)21(28)16-9-6-5-7-10-16/h5-7,9-10,13,18H,8,11-12H2,1-4H3/t18-/m1/s1. The first kappa shape index (κ1) is 19.1. The lowest BCUT2D eigenvalue weighted by Crippen LogP contribution is -2.31. The molecule has 4 rings (SSSR count). The van der Waals surface area contributed by atoms with E-state index in [9.17, 15) is 4.79 Å². The smallest absolute Gasteiger partial charge is 0.254 e. The van der Waals surface area contributed by atoms with Gasteiger partial charge in [-0.05, 0) is 38.8 Å². The van der Waals surface area contributed by atoms with Gasteiger partial charge < -0.3 is 14.3 Å². The molecule has 3 heterocycles. The van der Waals surface area contributed by atoms with E-state index in [-0.39, 0.29) is 11.9 Å². The van der Waals surface area contributed by atoms with Crippen molar-refractivity contribution in [2.24, 2.45) is 0 Å². The van der Waals surface area contributed by atoms with Crippen molar-refractivity contribution in [3.05, 3.63) is 59.0 Å². The molecule has 1 aliphatic rings. The average molecular weight is 391 g/mol. The third kappa shape index (κ3) is 3.48. The number of carbonyl (C=O) groups is 1. The number of anilines is 1. The van der Waals surface area contributed by atoms with Gasteiger partial charge >= 0.3 is 0 Å². The minimum Gasteiger partial charge on any atom is -0.356 e. The fraction of sp³-hybridized carbons (Fsp3) is 0.364. The van der Waals surface area contributed by atoms with Crippen LogP contribution in [-0.2, 0) is 0 Å². The van der Waals surface area contributed by atoms with Gasteiger partial charge in [0, 0.05) is 38.0 Å². The van der Waals surface area contributed by atoms with E-state index in [1.807, 2.05) is 68.1 Å². The molecular formula is C22H25N5O2. The van der Waals surface area contributed by atoms with Crippen LogP contribution in [0, 0.1) is 13.8 Å². The summed E-state index contributed by atoms with van der Waals surface area (Å²) in [6, 6.07) is 9.27. The highest BCUT2D eigenvalue weighted by Gasteiger charge is 2.34. The highest BCUT2D eigenvalue weighted by Crippen LogP contribution is 2.39. The van der Waals surface area contributed by atoms with E-state index in [1.165, 1.54) is 0 Å². The summed E-state index contributed by atoms with van der Waals surface area (Å²) in [5.74, 6) is 1.30. The molecule has 0 bridgehead atoms. The van der Waals surface area contributed by atoms with Crippen LogP contribution in [0.25, 0.3) is 11.3 Å². The second kappa shape index (κ2) is 7.66. The van der Waals surface area contributed by atoms with Gasteiger partial charge in [-0.3, -0.25) is 4.79 Å². The molecule has 0 N–H and O–H groups in total. The van der Waals surface area contributed by atoms with Crippen LogP contribution >= 0.6 is 0 Å². The predicted octanol–water partition coefficient (Wildman–Crippen LogP) is 3.79. The average Bonchev–Trinajstić information content (AvgIpc) is 3.35. The van der Waals surface area contributed by atoms with Crippen LogP contribution in [0.15, 0.2) is 41.1 Å². The number of nitrogens with zero attached hydrogens (tertiary/aromatic N) is 5. The van der Waals surface area contributed by atoms with E-state index >= 15 is 0 Å². The van der Waals surface area contributed by atoms with Crippen molar-refractivity contribution in [1.29, 1.82) is 0 Å². The normalized spacial score (nSPS) is 16.3. The van der Waals surface area contributed by atoms with Crippen LogP contribution in [0.5, 0.6) is 0 Å². The third-order valence-corrected chi connectivity index (χ3v) is 5.46. The molecule has 1 aromatic carbocycles. The van der Waals surface area contributed by atoms with Crippen LogP contribution in [0.1, 0.15) is 46.2 Å². The Morgan fingerprint density at radius 1 is 1.21 bits per heavy atom. The number of benzene rings is 1. The molecule has 7 nitrogen and oxygen atoms in total. The maximum atomic E-state index is 13.2. The summed E-state index contributed by atoms with van der Waals surface area (Å²) in [5.41, 5.74) is 4.10. The maximum absolute atomic E-state index is 13.2. The zero-order valence-electron chi connectivity index (χ0n) is 17.2. The summed E-state index contributed by atoms with van der Waals surface area (Å²) < 4.78 is 5.62. The second-order valence-corrected chi connectivity index (χ2v) is 7.61. The molecule has 0 spiro atoms. The van der Waals surface area contributed by atoms with Gasteiger partial charge in [-0.1, -0.05) is 23.4 Å². The third-order valence-electron chi connectivity index (χ3n) is 5.46. The number of likely N-dealkylation sites (tertiary alicyclic amines) is 1. The van der Waals surface area contributed by atoms with Crippen molar-refractivity contribution in [3.63, 3.8) is 0 Å². The van der Waals surface area contributed by atoms with Crippen molar-refractivity contribution in [2.75, 3.05) is 25.5 Å². The Morgan fingerprint density at radius 3 is 2.62 bits per heavy atom. The first-order valence-electron chi connectivity index (χ1n) is 9.81. The van der Waals surface area contributed by atoms with Crippen LogP contribution in [0.2, 0.25) is 0 Å². The number of aryl methyl sites for hydroxylation is 1. The zero-order chi connectivity index (χ0) is 20.5. The van der Waals surface area contributed by atoms with Crippen molar-refractivity contribution >= 4 is 11.9 Å². The van der Waals surface area contributed by atoms with Crippen LogP contribution in [-0.4, -0.2) is 46.6 Å². The summed E-state index contributed by atoms with van der Waals surface area (Å²) >= 11 is 0. The number of hydrogen-bond donors (Lipinski definition) is 0. The summed E-state index contributed by atoms with van der Waals surface area (Å²) in [7, 11) is 3.81. The van der Waals surface area contributed by atoms with Crippen molar-refractivity contribution in [3.8, 4) is 11.3 Å². The van der Waals surface area contributed by atoms with Gasteiger partial charge in [0.15, 0.2) is 5.76 Å². The van der Waals surface area contributed by atoms with E-state index in [0.29, 0.717) is 23.8 Å². The predicted molar refractivity (Wildman–Crippen MR) is 111 cm³/mol. The van der Waals surface area contributed by atoms with Gasteiger partial charge in [0.05, 0.1) is 23.0 Å². The van der Waals surface area contributed by atoms with Crippen LogP contribution in [0.3, 0.4) is 0 Å². The van der Waals surface area contributed by atoms with E-state index in [4.69, 9.17) is 9.51 Å². The summed E-state index contributed by atoms with van der Waals surface area (Å²) in [6.07, 6.45) is 3.56. The fourth-order valence-corrected chi connectivity index (χ4v) is 3.74. The molecule has 2 aromatic heterocycles. The number of amides is 1. The fourth-order valence-electron chi connectivity index (χ4n) is 3.74. The van der Waals surface area contributed by atoms with Gasteiger partial charge in [0.1, 0.15) is 0 Å². The maximum Gasteiger partial charge on any atom is 0.254 e. The van der Waals surface area contributed by atoms with Gasteiger partial charge in [-0.25, -0.2) is 9.97 Å². The highest BCUT2D eigenvalue weighted by molar-refractivity contribution is 5.94. The molecular weight excluding hydrogens is 366 g/mol. The molecule has 3 aromatic rings. The van der Waals surface area contributed by atoms with Crippen molar-refractivity contribution in [2.45, 2.75) is 32.7 Å². The molecule has 0 aliphatic carbocycles. The van der Waals surface area contributed by atoms with E-state index < -0.39 is 0 Å². The first-order chi connectivity index (χ1) is 14.0. The number of aromatic nitrogens is 3. The molecule has 0 saturated carbocycles. The largest absolute Gasteiger partial charge is 0.356 e. The van der Waals surface area contributed by atoms with Crippen molar-refractivity contribution in [1.82, 2.24) is 20.0 Å². The Balaban J connectivity index is 1.80. The summed E-state index contributed by atoms with van der Waals surface area (Å²) in [4.78, 5) is 26.3. The van der Waals surface area contributed by atoms with Gasteiger partial charge in [0.25, 0.3) is 5.91 Å². The molecule has 0 unspecified atom stereocenters. The Hall–Kier alpha value is -3.22. The molecule has 29 heavy (non-hydrogen) atoms. The van der Waals surface area contributed by atoms with Crippen LogP contribution < -0.4 is 4.90 Å². The Bertz CT molecular complexity index is 1030. The highest BCUT2D eigenvalue weighted by atomic mass is 16.5. The lowest BCUT2D eigenvalue weighted by molar-refractivity contribution is 0.0733. The SMILES string of the molecule is Cc1noc(-c2cnc(N(C)C)nc2[C@H]2CCCN2C(=O)c2ccccc2)c1C. The van der Waals surface area contributed by atoms with E-state index in [0.717, 1.165) is 35.4 Å². The van der Waals surface area contributed by atoms with Gasteiger partial charge in [-0.15, -0.1) is 0 Å². The first-order valence-corrected chi connectivity index (χ1v) is 9.81. The lowest BCUT2D eigenvalue weighted by Gasteiger charge is -2.26. The Morgan fingerprint density at radius 2 is 1.97 bits per heavy atom. The van der Waals surface area contributed by atoms with E-state index in [1.54, 1.807) is 6.20 Å². The molecule has 1 aliphatic heterocycles. The summed E-state index contributed by atoms with van der Waals surface area (Å²) in [5, 5.41) is 4.10. The molecule has 1 fully saturated rings. The quantitative estimate of drug-likeness (QED) is 0.674. The second-order valence-electron chi connectivity index (χ2n) is 7.61. The topological polar surface area (TPSA) is 75.4 Å². The van der Waals surface area contributed by atoms with E-state index in [2.05, 4.69) is 10.1 Å². The molecule has 0 radical (unpaired) electrons. The van der Waals surface area contributed by atoms with Gasteiger partial charge in [0.2, 0.25) is 5.95 Å². The molecule has 7 heteroatoms. The monoisotopic (exact) mass is 391 g/mol. The molecule has 150 valence electrons. The summed E-state index contributed by atoms with van der Waals surface area (Å²) in [6.45, 7) is 4.59. The molecule has 1 saturated heterocycles. The minimum absolute atomic E-state index is 0.0227. The number of rotatable bonds is 4. The lowest BCUT2D eigenvalue weighted by atomic mass is 10.0. The zero-order valence-corrected chi connectivity index (χ0v) is 17.2. The minimum atomic E-state index is -0.135. The van der Waals surface area contributed by atoms with Gasteiger partial charge in [-0.2, -0.15) is 0 Å². The van der Waals surface area contributed by atoms with Crippen molar-refractivity contribution < 1.29 is 9.32 Å². The molecule has 1 atom stereocenters. The van der Waals surface area contributed by atoms with Crippen LogP contribution in [0.4, 0.5) is 5.95 Å². The number of carbonyl (C=O) groups excluding carboxylic acids is 1. The molecule has 1 amide bonds. The Kier molecular flexibility index (Phi) is 5.05.